The van der Waals surface area contributed by atoms with Crippen LogP contribution in [0.5, 0.6) is 17.2 Å². The largest absolute Gasteiger partial charge is 0.508 e. The summed E-state index contributed by atoms with van der Waals surface area (Å²) in [5, 5.41) is 32.8. The third kappa shape index (κ3) is 5.96. The van der Waals surface area contributed by atoms with Crippen LogP contribution in [0.2, 0.25) is 0 Å². The van der Waals surface area contributed by atoms with Gasteiger partial charge < -0.3 is 25.4 Å². The zero-order chi connectivity index (χ0) is 18.2. The highest BCUT2D eigenvalue weighted by molar-refractivity contribution is 5.37. The summed E-state index contributed by atoms with van der Waals surface area (Å²) in [6.07, 6.45) is 2.09. The second-order valence-electron chi connectivity index (χ2n) is 6.24. The number of benzene rings is 2. The van der Waals surface area contributed by atoms with Gasteiger partial charge in [-0.15, -0.1) is 0 Å². The number of rotatable bonds is 9. The number of phenolic OH excluding ortho intramolecular Hbond substituents is 2. The summed E-state index contributed by atoms with van der Waals surface area (Å²) < 4.78 is 5.18. The number of phenols is 2. The fraction of sp³-hybridized carbons (Fsp3) is 0.400. The van der Waals surface area contributed by atoms with E-state index >= 15 is 0 Å². The summed E-state index contributed by atoms with van der Waals surface area (Å²) in [7, 11) is 1.65. The minimum atomic E-state index is -0.798. The van der Waals surface area contributed by atoms with Crippen LogP contribution in [0.4, 0.5) is 0 Å². The first-order valence-electron chi connectivity index (χ1n) is 8.59. The van der Waals surface area contributed by atoms with Gasteiger partial charge in [0.15, 0.2) is 0 Å². The van der Waals surface area contributed by atoms with Gasteiger partial charge in [0.05, 0.1) is 13.2 Å². The van der Waals surface area contributed by atoms with Crippen molar-refractivity contribution in [2.75, 3.05) is 13.7 Å². The molecule has 0 spiro atoms. The number of nitrogens with one attached hydrogen (secondary N) is 1. The zero-order valence-electron chi connectivity index (χ0n) is 14.8. The Morgan fingerprint density at radius 3 is 2.24 bits per heavy atom. The molecule has 0 radical (unpaired) electrons. The van der Waals surface area contributed by atoms with Gasteiger partial charge >= 0.3 is 0 Å². The molecule has 0 saturated carbocycles. The lowest BCUT2D eigenvalue weighted by Gasteiger charge is -2.21. The fourth-order valence-electron chi connectivity index (χ4n) is 2.88. The van der Waals surface area contributed by atoms with E-state index in [0.29, 0.717) is 12.1 Å². The molecule has 0 aliphatic rings. The lowest BCUT2D eigenvalue weighted by atomic mass is 10.0. The van der Waals surface area contributed by atoms with Gasteiger partial charge in [-0.3, -0.25) is 0 Å². The SMILES string of the molecule is CCC[C@H](Cc1ccc(OC)cc1)NC[C@H](O)c1cc(O)cc(O)c1. The molecule has 2 atom stereocenters. The lowest BCUT2D eigenvalue weighted by Crippen LogP contribution is -2.34. The van der Waals surface area contributed by atoms with Crippen molar-refractivity contribution in [2.45, 2.75) is 38.3 Å². The Balaban J connectivity index is 1.95. The van der Waals surface area contributed by atoms with Gasteiger partial charge in [0.2, 0.25) is 0 Å². The topological polar surface area (TPSA) is 82.0 Å². The highest BCUT2D eigenvalue weighted by Gasteiger charge is 2.14. The third-order valence-electron chi connectivity index (χ3n) is 4.19. The normalized spacial score (nSPS) is 13.4. The maximum Gasteiger partial charge on any atom is 0.119 e. The average Bonchev–Trinajstić information content (AvgIpc) is 2.59. The number of aliphatic hydroxyl groups excluding tert-OH is 1. The summed E-state index contributed by atoms with van der Waals surface area (Å²) in [5.41, 5.74) is 1.70. The van der Waals surface area contributed by atoms with Crippen molar-refractivity contribution < 1.29 is 20.1 Å². The van der Waals surface area contributed by atoms with Crippen LogP contribution in [0.25, 0.3) is 0 Å². The Morgan fingerprint density at radius 2 is 1.68 bits per heavy atom. The van der Waals surface area contributed by atoms with E-state index < -0.39 is 6.10 Å². The molecule has 5 nitrogen and oxygen atoms in total. The predicted molar refractivity (Wildman–Crippen MR) is 98.1 cm³/mol. The molecule has 0 fully saturated rings. The molecule has 2 rings (SSSR count). The van der Waals surface area contributed by atoms with Crippen molar-refractivity contribution in [3.05, 3.63) is 53.6 Å². The molecule has 0 amide bonds. The Kier molecular flexibility index (Phi) is 7.10. The number of hydrogen-bond acceptors (Lipinski definition) is 5. The molecule has 0 bridgehead atoms. The number of methoxy groups -OCH3 is 1. The molecular weight excluding hydrogens is 318 g/mol. The van der Waals surface area contributed by atoms with E-state index in [0.717, 1.165) is 25.0 Å². The molecular formula is C20H27NO4. The molecule has 136 valence electrons. The standard InChI is InChI=1S/C20H27NO4/c1-3-4-16(9-14-5-7-19(25-2)8-6-14)21-13-20(24)15-10-17(22)12-18(23)11-15/h5-8,10-12,16,20-24H,3-4,9,13H2,1-2H3/t16-,20+/m1/s1. The van der Waals surface area contributed by atoms with E-state index in [1.54, 1.807) is 7.11 Å². The molecule has 0 saturated heterocycles. The molecule has 0 aromatic heterocycles. The van der Waals surface area contributed by atoms with Crippen molar-refractivity contribution in [1.82, 2.24) is 5.32 Å². The number of ether oxygens (including phenoxy) is 1. The van der Waals surface area contributed by atoms with Gasteiger partial charge in [-0.25, -0.2) is 0 Å². The minimum absolute atomic E-state index is 0.0580. The van der Waals surface area contributed by atoms with Crippen molar-refractivity contribution in [2.24, 2.45) is 0 Å². The molecule has 4 N–H and O–H groups in total. The van der Waals surface area contributed by atoms with Gasteiger partial charge in [-0.2, -0.15) is 0 Å². The quantitative estimate of drug-likeness (QED) is 0.561. The molecule has 25 heavy (non-hydrogen) atoms. The first-order chi connectivity index (χ1) is 12.0. The molecule has 0 aliphatic heterocycles. The predicted octanol–water partition coefficient (Wildman–Crippen LogP) is 3.14. The average molecular weight is 345 g/mol. The Hall–Kier alpha value is -2.24. The Morgan fingerprint density at radius 1 is 1.04 bits per heavy atom. The monoisotopic (exact) mass is 345 g/mol. The zero-order valence-corrected chi connectivity index (χ0v) is 14.8. The van der Waals surface area contributed by atoms with Crippen molar-refractivity contribution in [3.8, 4) is 17.2 Å². The van der Waals surface area contributed by atoms with E-state index in [4.69, 9.17) is 4.74 Å². The van der Waals surface area contributed by atoms with Crippen LogP contribution >= 0.6 is 0 Å². The molecule has 5 heteroatoms. The van der Waals surface area contributed by atoms with Gasteiger partial charge in [-0.05, 0) is 48.2 Å². The highest BCUT2D eigenvalue weighted by atomic mass is 16.5. The maximum atomic E-state index is 10.3. The molecule has 0 aliphatic carbocycles. The first kappa shape index (κ1) is 19.1. The Labute approximate surface area is 148 Å². The van der Waals surface area contributed by atoms with Crippen molar-refractivity contribution in [3.63, 3.8) is 0 Å². The van der Waals surface area contributed by atoms with Crippen molar-refractivity contribution >= 4 is 0 Å². The highest BCUT2D eigenvalue weighted by Crippen LogP contribution is 2.24. The smallest absolute Gasteiger partial charge is 0.119 e. The third-order valence-corrected chi connectivity index (χ3v) is 4.19. The van der Waals surface area contributed by atoms with Crippen LogP contribution in [0, 0.1) is 0 Å². The Bertz CT molecular complexity index is 637. The van der Waals surface area contributed by atoms with Crippen molar-refractivity contribution in [1.29, 1.82) is 0 Å². The van der Waals surface area contributed by atoms with Crippen LogP contribution in [-0.4, -0.2) is 35.0 Å². The summed E-state index contributed by atoms with van der Waals surface area (Å²) in [6.45, 7) is 2.48. The summed E-state index contributed by atoms with van der Waals surface area (Å²) >= 11 is 0. The van der Waals surface area contributed by atoms with E-state index in [2.05, 4.69) is 12.2 Å². The van der Waals surface area contributed by atoms with Crippen LogP contribution in [-0.2, 0) is 6.42 Å². The van der Waals surface area contributed by atoms with Gasteiger partial charge in [0.1, 0.15) is 17.2 Å². The number of aliphatic hydroxyl groups is 1. The van der Waals surface area contributed by atoms with Crippen LogP contribution in [0.15, 0.2) is 42.5 Å². The maximum absolute atomic E-state index is 10.3. The lowest BCUT2D eigenvalue weighted by molar-refractivity contribution is 0.168. The van der Waals surface area contributed by atoms with E-state index in [9.17, 15) is 15.3 Å². The van der Waals surface area contributed by atoms with Crippen LogP contribution in [0.1, 0.15) is 37.0 Å². The summed E-state index contributed by atoms with van der Waals surface area (Å²) in [6, 6.07) is 12.4. The molecule has 0 unspecified atom stereocenters. The number of hydrogen-bond donors (Lipinski definition) is 4. The minimum Gasteiger partial charge on any atom is -0.508 e. The fourth-order valence-corrected chi connectivity index (χ4v) is 2.88. The van der Waals surface area contributed by atoms with Gasteiger partial charge in [0, 0.05) is 18.7 Å². The number of aromatic hydroxyl groups is 2. The van der Waals surface area contributed by atoms with Crippen LogP contribution in [0.3, 0.4) is 0 Å². The van der Waals surface area contributed by atoms with Gasteiger partial charge in [0.25, 0.3) is 0 Å². The summed E-state index contributed by atoms with van der Waals surface area (Å²) in [4.78, 5) is 0. The second-order valence-corrected chi connectivity index (χ2v) is 6.24. The second kappa shape index (κ2) is 9.30. The van der Waals surface area contributed by atoms with E-state index in [1.807, 2.05) is 24.3 Å². The van der Waals surface area contributed by atoms with Crippen LogP contribution < -0.4 is 10.1 Å². The molecule has 0 heterocycles. The first-order valence-corrected chi connectivity index (χ1v) is 8.59. The summed E-state index contributed by atoms with van der Waals surface area (Å²) in [5.74, 6) is 0.720. The molecule has 2 aromatic rings. The van der Waals surface area contributed by atoms with E-state index in [-0.39, 0.29) is 17.5 Å². The molecule has 2 aromatic carbocycles. The van der Waals surface area contributed by atoms with E-state index in [1.165, 1.54) is 23.8 Å². The van der Waals surface area contributed by atoms with Gasteiger partial charge in [-0.1, -0.05) is 25.5 Å².